The van der Waals surface area contributed by atoms with Gasteiger partial charge in [0.05, 0.1) is 0 Å². The molecular formula is C55H92O6. The first-order valence-corrected chi connectivity index (χ1v) is 25.1. The smallest absolute Gasteiger partial charge is 0.306 e. The Morgan fingerprint density at radius 1 is 0.344 bits per heavy atom. The van der Waals surface area contributed by atoms with Crippen LogP contribution in [0.5, 0.6) is 0 Å². The third-order valence-corrected chi connectivity index (χ3v) is 10.4. The minimum atomic E-state index is -0.794. The topological polar surface area (TPSA) is 78.9 Å². The Labute approximate surface area is 375 Å². The average Bonchev–Trinajstić information content (AvgIpc) is 3.26. The van der Waals surface area contributed by atoms with Gasteiger partial charge in [-0.05, 0) is 89.9 Å². The lowest BCUT2D eigenvalue weighted by molar-refractivity contribution is -0.167. The van der Waals surface area contributed by atoms with Gasteiger partial charge in [0.1, 0.15) is 13.2 Å². The SMILES string of the molecule is CC/C=C\C/C=C\C/C=C\C/C=C\C/C=C\C/C=C\CCCCC(=O)OCC(COC(=O)CCCCCCC/C=C\CCC)OC(=O)CCCCCCCCCCCCCC. The van der Waals surface area contributed by atoms with Crippen LogP contribution in [0.4, 0.5) is 0 Å². The van der Waals surface area contributed by atoms with Gasteiger partial charge in [-0.25, -0.2) is 0 Å². The van der Waals surface area contributed by atoms with Crippen molar-refractivity contribution in [1.82, 2.24) is 0 Å². The molecule has 0 aliphatic rings. The quantitative estimate of drug-likeness (QED) is 0.0263. The van der Waals surface area contributed by atoms with Gasteiger partial charge in [0.25, 0.3) is 0 Å². The minimum absolute atomic E-state index is 0.0942. The normalized spacial score (nSPS) is 12.8. The van der Waals surface area contributed by atoms with Crippen LogP contribution in [-0.2, 0) is 28.6 Å². The second-order valence-corrected chi connectivity index (χ2v) is 16.3. The van der Waals surface area contributed by atoms with Crippen LogP contribution >= 0.6 is 0 Å². The molecule has 0 saturated carbocycles. The first kappa shape index (κ1) is 57.6. The van der Waals surface area contributed by atoms with E-state index in [1.165, 1.54) is 70.6 Å². The molecule has 0 aliphatic heterocycles. The van der Waals surface area contributed by atoms with Crippen molar-refractivity contribution < 1.29 is 28.6 Å². The molecule has 0 spiro atoms. The Morgan fingerprint density at radius 3 is 1.11 bits per heavy atom. The molecular weight excluding hydrogens is 757 g/mol. The van der Waals surface area contributed by atoms with Crippen LogP contribution in [-0.4, -0.2) is 37.2 Å². The fourth-order valence-electron chi connectivity index (χ4n) is 6.62. The van der Waals surface area contributed by atoms with Crippen molar-refractivity contribution in [2.45, 2.75) is 232 Å². The largest absolute Gasteiger partial charge is 0.462 e. The summed E-state index contributed by atoms with van der Waals surface area (Å²) in [6.45, 7) is 6.40. The number of esters is 3. The van der Waals surface area contributed by atoms with E-state index < -0.39 is 6.10 Å². The van der Waals surface area contributed by atoms with Crippen LogP contribution in [0.25, 0.3) is 0 Å². The second-order valence-electron chi connectivity index (χ2n) is 16.3. The van der Waals surface area contributed by atoms with Gasteiger partial charge in [-0.2, -0.15) is 0 Å². The number of rotatable bonds is 44. The van der Waals surface area contributed by atoms with Crippen LogP contribution < -0.4 is 0 Å². The van der Waals surface area contributed by atoms with Crippen molar-refractivity contribution in [3.05, 3.63) is 85.1 Å². The summed E-state index contributed by atoms with van der Waals surface area (Å²) in [5, 5.41) is 0. The van der Waals surface area contributed by atoms with Crippen LogP contribution in [0.2, 0.25) is 0 Å². The Balaban J connectivity index is 4.41. The molecule has 0 fully saturated rings. The van der Waals surface area contributed by atoms with Gasteiger partial charge in [0.2, 0.25) is 0 Å². The molecule has 0 aliphatic carbocycles. The highest BCUT2D eigenvalue weighted by atomic mass is 16.6. The first-order chi connectivity index (χ1) is 30.0. The van der Waals surface area contributed by atoms with Gasteiger partial charge in [0, 0.05) is 19.3 Å². The van der Waals surface area contributed by atoms with Gasteiger partial charge < -0.3 is 14.2 Å². The third kappa shape index (κ3) is 47.5. The molecule has 0 aromatic carbocycles. The summed E-state index contributed by atoms with van der Waals surface area (Å²) in [5.41, 5.74) is 0. The molecule has 1 unspecified atom stereocenters. The van der Waals surface area contributed by atoms with Crippen molar-refractivity contribution in [3.8, 4) is 0 Å². The predicted octanol–water partition coefficient (Wildman–Crippen LogP) is 16.4. The Kier molecular flexibility index (Phi) is 46.5. The number of ether oxygens (including phenoxy) is 3. The minimum Gasteiger partial charge on any atom is -0.462 e. The zero-order valence-electron chi connectivity index (χ0n) is 39.7. The molecule has 0 heterocycles. The fourth-order valence-corrected chi connectivity index (χ4v) is 6.62. The molecule has 0 aromatic heterocycles. The molecule has 1 atom stereocenters. The number of unbranched alkanes of at least 4 members (excludes halogenated alkanes) is 19. The van der Waals surface area contributed by atoms with E-state index in [-0.39, 0.29) is 31.1 Å². The Bertz CT molecular complexity index is 1200. The van der Waals surface area contributed by atoms with Gasteiger partial charge in [-0.15, -0.1) is 0 Å². The summed E-state index contributed by atoms with van der Waals surface area (Å²) < 4.78 is 16.7. The van der Waals surface area contributed by atoms with Crippen molar-refractivity contribution in [2.75, 3.05) is 13.2 Å². The third-order valence-electron chi connectivity index (χ3n) is 10.4. The molecule has 61 heavy (non-hydrogen) atoms. The summed E-state index contributed by atoms with van der Waals surface area (Å²) in [6.07, 6.45) is 62.8. The molecule has 6 heteroatoms. The highest BCUT2D eigenvalue weighted by molar-refractivity contribution is 5.71. The van der Waals surface area contributed by atoms with E-state index in [1.54, 1.807) is 0 Å². The van der Waals surface area contributed by atoms with E-state index >= 15 is 0 Å². The van der Waals surface area contributed by atoms with E-state index in [1.807, 2.05) is 0 Å². The van der Waals surface area contributed by atoms with E-state index in [0.717, 1.165) is 116 Å². The number of carbonyl (C=O) groups is 3. The second kappa shape index (κ2) is 49.2. The number of hydrogen-bond acceptors (Lipinski definition) is 6. The van der Waals surface area contributed by atoms with E-state index in [4.69, 9.17) is 14.2 Å². The fraction of sp³-hybridized carbons (Fsp3) is 0.691. The molecule has 0 rings (SSSR count). The first-order valence-electron chi connectivity index (χ1n) is 25.1. The van der Waals surface area contributed by atoms with E-state index in [0.29, 0.717) is 19.3 Å². The molecule has 0 radical (unpaired) electrons. The molecule has 348 valence electrons. The monoisotopic (exact) mass is 849 g/mol. The zero-order valence-corrected chi connectivity index (χ0v) is 39.7. The summed E-state index contributed by atoms with van der Waals surface area (Å²) in [6, 6.07) is 0. The van der Waals surface area contributed by atoms with Crippen molar-refractivity contribution in [1.29, 1.82) is 0 Å². The predicted molar refractivity (Wildman–Crippen MR) is 261 cm³/mol. The Morgan fingerprint density at radius 2 is 0.672 bits per heavy atom. The van der Waals surface area contributed by atoms with Crippen LogP contribution in [0.1, 0.15) is 226 Å². The summed E-state index contributed by atoms with van der Waals surface area (Å²) in [5.74, 6) is -0.952. The molecule has 0 N–H and O–H groups in total. The molecule has 6 nitrogen and oxygen atoms in total. The van der Waals surface area contributed by atoms with E-state index in [9.17, 15) is 14.4 Å². The highest BCUT2D eigenvalue weighted by Gasteiger charge is 2.19. The summed E-state index contributed by atoms with van der Waals surface area (Å²) in [4.78, 5) is 37.8. The lowest BCUT2D eigenvalue weighted by atomic mass is 10.0. The van der Waals surface area contributed by atoms with Gasteiger partial charge in [-0.1, -0.05) is 202 Å². The van der Waals surface area contributed by atoms with Crippen LogP contribution in [0.3, 0.4) is 0 Å². The number of hydrogen-bond donors (Lipinski definition) is 0. The average molecular weight is 849 g/mol. The van der Waals surface area contributed by atoms with E-state index in [2.05, 4.69) is 106 Å². The summed E-state index contributed by atoms with van der Waals surface area (Å²) in [7, 11) is 0. The maximum atomic E-state index is 12.7. The van der Waals surface area contributed by atoms with Gasteiger partial charge >= 0.3 is 17.9 Å². The summed E-state index contributed by atoms with van der Waals surface area (Å²) >= 11 is 0. The number of allylic oxidation sites excluding steroid dienone is 14. The molecule has 0 saturated heterocycles. The Hall–Kier alpha value is -3.41. The maximum absolute atomic E-state index is 12.7. The van der Waals surface area contributed by atoms with Crippen molar-refractivity contribution in [2.24, 2.45) is 0 Å². The van der Waals surface area contributed by atoms with Gasteiger partial charge in [0.15, 0.2) is 6.10 Å². The van der Waals surface area contributed by atoms with Crippen molar-refractivity contribution >= 4 is 17.9 Å². The number of carbonyl (C=O) groups excluding carboxylic acids is 3. The zero-order chi connectivity index (χ0) is 44.4. The van der Waals surface area contributed by atoms with Crippen LogP contribution in [0, 0.1) is 0 Å². The molecule has 0 aromatic rings. The molecule has 0 bridgehead atoms. The van der Waals surface area contributed by atoms with Crippen molar-refractivity contribution in [3.63, 3.8) is 0 Å². The van der Waals surface area contributed by atoms with Gasteiger partial charge in [-0.3, -0.25) is 14.4 Å². The van der Waals surface area contributed by atoms with Crippen LogP contribution in [0.15, 0.2) is 85.1 Å². The highest BCUT2D eigenvalue weighted by Crippen LogP contribution is 2.14. The lowest BCUT2D eigenvalue weighted by Crippen LogP contribution is -2.30. The lowest BCUT2D eigenvalue weighted by Gasteiger charge is -2.18. The maximum Gasteiger partial charge on any atom is 0.306 e. The standard InChI is InChI=1S/C55H92O6/c1-4-7-10-13-16-19-22-24-25-26-27-28-29-30-31-32-34-36-39-42-45-48-54(57)60-51-52(50-59-53(56)47-44-41-38-35-21-18-15-12-9-6-3)61-55(58)49-46-43-40-37-33-23-20-17-14-11-8-5-2/h7,10,12,15-16,19,24-25,27-28,30-31,34,36,52H,4-6,8-9,11,13-14,17-18,20-23,26,29,32-33,35,37-51H2,1-3H3/b10-7-,15-12-,19-16-,25-24-,28-27-,31-30-,36-34-. The molecule has 0 amide bonds.